The molecule has 0 amide bonds. The van der Waals surface area contributed by atoms with Crippen molar-refractivity contribution in [2.45, 2.75) is 38.6 Å². The SMILES string of the molecule is CCCCC(NCCCOCCO)C(=O)O. The number of carboxylic acid groups (broad SMARTS) is 1. The molecule has 0 saturated carbocycles. The van der Waals surface area contributed by atoms with Crippen LogP contribution >= 0.6 is 0 Å². The van der Waals surface area contributed by atoms with Crippen LogP contribution in [0.25, 0.3) is 0 Å². The number of ether oxygens (including phenoxy) is 1. The van der Waals surface area contributed by atoms with Crippen molar-refractivity contribution in [1.29, 1.82) is 0 Å². The molecule has 0 bridgehead atoms. The minimum atomic E-state index is -0.787. The maximum absolute atomic E-state index is 10.8. The van der Waals surface area contributed by atoms with Crippen molar-refractivity contribution in [3.8, 4) is 0 Å². The number of carbonyl (C=O) groups is 1. The summed E-state index contributed by atoms with van der Waals surface area (Å²) in [5.41, 5.74) is 0. The summed E-state index contributed by atoms with van der Waals surface area (Å²) in [7, 11) is 0. The molecule has 1 unspecified atom stereocenters. The van der Waals surface area contributed by atoms with Crippen LogP contribution in [-0.4, -0.2) is 48.6 Å². The highest BCUT2D eigenvalue weighted by Crippen LogP contribution is 2.00. The van der Waals surface area contributed by atoms with Crippen LogP contribution in [0.1, 0.15) is 32.6 Å². The lowest BCUT2D eigenvalue weighted by Gasteiger charge is -2.13. The van der Waals surface area contributed by atoms with Crippen LogP contribution < -0.4 is 5.32 Å². The predicted octanol–water partition coefficient (Wildman–Crippen LogP) is 0.618. The molecule has 0 aliphatic carbocycles. The van der Waals surface area contributed by atoms with E-state index in [1.807, 2.05) is 6.92 Å². The molecule has 0 fully saturated rings. The van der Waals surface area contributed by atoms with Crippen LogP contribution in [0.4, 0.5) is 0 Å². The van der Waals surface area contributed by atoms with E-state index in [4.69, 9.17) is 14.9 Å². The third kappa shape index (κ3) is 8.64. The van der Waals surface area contributed by atoms with Crippen LogP contribution in [0.5, 0.6) is 0 Å². The summed E-state index contributed by atoms with van der Waals surface area (Å²) in [6.07, 6.45) is 3.36. The number of unbranched alkanes of at least 4 members (excludes halogenated alkanes) is 1. The van der Waals surface area contributed by atoms with Crippen molar-refractivity contribution in [3.05, 3.63) is 0 Å². The number of nitrogens with one attached hydrogen (secondary N) is 1. The first kappa shape index (κ1) is 15.3. The van der Waals surface area contributed by atoms with Gasteiger partial charge in [-0.3, -0.25) is 4.79 Å². The number of rotatable bonds is 11. The van der Waals surface area contributed by atoms with Crippen molar-refractivity contribution in [3.63, 3.8) is 0 Å². The van der Waals surface area contributed by atoms with E-state index in [0.29, 0.717) is 26.2 Å². The van der Waals surface area contributed by atoms with Gasteiger partial charge in [-0.05, 0) is 19.4 Å². The van der Waals surface area contributed by atoms with Gasteiger partial charge in [-0.1, -0.05) is 19.8 Å². The second-order valence-electron chi connectivity index (χ2n) is 3.68. The van der Waals surface area contributed by atoms with Crippen LogP contribution in [0.3, 0.4) is 0 Å². The van der Waals surface area contributed by atoms with E-state index in [1.165, 1.54) is 0 Å². The maximum atomic E-state index is 10.8. The van der Waals surface area contributed by atoms with Crippen molar-refractivity contribution in [1.82, 2.24) is 5.32 Å². The highest BCUT2D eigenvalue weighted by molar-refractivity contribution is 5.73. The first-order valence-corrected chi connectivity index (χ1v) is 5.87. The summed E-state index contributed by atoms with van der Waals surface area (Å²) in [5, 5.41) is 20.4. The third-order valence-electron chi connectivity index (χ3n) is 2.24. The Balaban J connectivity index is 3.48. The standard InChI is InChI=1S/C11H23NO4/c1-2-3-5-10(11(14)15)12-6-4-8-16-9-7-13/h10,12-13H,2-9H2,1H3,(H,14,15). The molecule has 3 N–H and O–H groups in total. The number of aliphatic hydroxyl groups is 1. The molecule has 16 heavy (non-hydrogen) atoms. The lowest BCUT2D eigenvalue weighted by Crippen LogP contribution is -2.37. The first-order chi connectivity index (χ1) is 7.72. The molecule has 5 heteroatoms. The van der Waals surface area contributed by atoms with Gasteiger partial charge >= 0.3 is 5.97 Å². The molecule has 0 radical (unpaired) electrons. The Morgan fingerprint density at radius 2 is 2.12 bits per heavy atom. The van der Waals surface area contributed by atoms with E-state index in [9.17, 15) is 4.79 Å². The second-order valence-corrected chi connectivity index (χ2v) is 3.68. The Hall–Kier alpha value is -0.650. The second kappa shape index (κ2) is 10.9. The zero-order valence-electron chi connectivity index (χ0n) is 9.95. The number of aliphatic hydroxyl groups excluding tert-OH is 1. The molecule has 0 aliphatic heterocycles. The molecule has 0 aliphatic rings. The number of carboxylic acids is 1. The van der Waals surface area contributed by atoms with Gasteiger partial charge in [0.1, 0.15) is 6.04 Å². The monoisotopic (exact) mass is 233 g/mol. The van der Waals surface area contributed by atoms with Gasteiger partial charge in [0.15, 0.2) is 0 Å². The van der Waals surface area contributed by atoms with Gasteiger partial charge in [0.2, 0.25) is 0 Å². The van der Waals surface area contributed by atoms with Gasteiger partial charge in [-0.15, -0.1) is 0 Å². The first-order valence-electron chi connectivity index (χ1n) is 5.87. The number of aliphatic carboxylic acids is 1. The Labute approximate surface area is 96.8 Å². The van der Waals surface area contributed by atoms with Crippen molar-refractivity contribution < 1.29 is 19.7 Å². The zero-order valence-corrected chi connectivity index (χ0v) is 9.95. The van der Waals surface area contributed by atoms with E-state index < -0.39 is 12.0 Å². The van der Waals surface area contributed by atoms with Gasteiger partial charge < -0.3 is 20.3 Å². The topological polar surface area (TPSA) is 78.8 Å². The van der Waals surface area contributed by atoms with Crippen LogP contribution in [0, 0.1) is 0 Å². The van der Waals surface area contributed by atoms with Gasteiger partial charge in [0.05, 0.1) is 13.2 Å². The molecule has 1 atom stereocenters. The lowest BCUT2D eigenvalue weighted by atomic mass is 10.1. The Bertz CT molecular complexity index is 175. The summed E-state index contributed by atoms with van der Waals surface area (Å²) in [6.45, 7) is 3.60. The quantitative estimate of drug-likeness (QED) is 0.456. The smallest absolute Gasteiger partial charge is 0.320 e. The molecular weight excluding hydrogens is 210 g/mol. The molecule has 96 valence electrons. The minimum Gasteiger partial charge on any atom is -0.480 e. The van der Waals surface area contributed by atoms with Crippen molar-refractivity contribution in [2.75, 3.05) is 26.4 Å². The predicted molar refractivity (Wildman–Crippen MR) is 61.5 cm³/mol. The van der Waals surface area contributed by atoms with Gasteiger partial charge in [-0.25, -0.2) is 0 Å². The fourth-order valence-electron chi connectivity index (χ4n) is 1.34. The molecule has 0 heterocycles. The Kier molecular flexibility index (Phi) is 10.4. The van der Waals surface area contributed by atoms with Crippen molar-refractivity contribution in [2.24, 2.45) is 0 Å². The van der Waals surface area contributed by atoms with E-state index in [-0.39, 0.29) is 6.61 Å². The molecule has 0 rings (SSSR count). The average Bonchev–Trinajstić information content (AvgIpc) is 2.26. The highest BCUT2D eigenvalue weighted by atomic mass is 16.5. The minimum absolute atomic E-state index is 0.0294. The van der Waals surface area contributed by atoms with E-state index in [2.05, 4.69) is 5.32 Å². The molecule has 5 nitrogen and oxygen atoms in total. The summed E-state index contributed by atoms with van der Waals surface area (Å²) < 4.78 is 5.07. The largest absolute Gasteiger partial charge is 0.480 e. The fraction of sp³-hybridized carbons (Fsp3) is 0.909. The molecule has 0 spiro atoms. The molecule has 0 aromatic heterocycles. The number of hydrogen-bond acceptors (Lipinski definition) is 4. The summed E-state index contributed by atoms with van der Waals surface area (Å²) in [5.74, 6) is -0.787. The third-order valence-corrected chi connectivity index (χ3v) is 2.24. The zero-order chi connectivity index (χ0) is 12.2. The van der Waals surface area contributed by atoms with Crippen LogP contribution in [-0.2, 0) is 9.53 Å². The molecule has 0 saturated heterocycles. The van der Waals surface area contributed by atoms with E-state index in [1.54, 1.807) is 0 Å². The van der Waals surface area contributed by atoms with Gasteiger partial charge in [0.25, 0.3) is 0 Å². The van der Waals surface area contributed by atoms with Gasteiger partial charge in [0, 0.05) is 6.61 Å². The summed E-state index contributed by atoms with van der Waals surface area (Å²) in [6, 6.07) is -0.446. The lowest BCUT2D eigenvalue weighted by molar-refractivity contribution is -0.139. The van der Waals surface area contributed by atoms with Crippen molar-refractivity contribution >= 4 is 5.97 Å². The van der Waals surface area contributed by atoms with Crippen LogP contribution in [0.2, 0.25) is 0 Å². The normalized spacial score (nSPS) is 12.6. The maximum Gasteiger partial charge on any atom is 0.320 e. The number of hydrogen-bond donors (Lipinski definition) is 3. The summed E-state index contributed by atoms with van der Waals surface area (Å²) in [4.78, 5) is 10.8. The Morgan fingerprint density at radius 3 is 2.69 bits per heavy atom. The molecule has 0 aromatic carbocycles. The van der Waals surface area contributed by atoms with Crippen LogP contribution in [0.15, 0.2) is 0 Å². The summed E-state index contributed by atoms with van der Waals surface area (Å²) >= 11 is 0. The fourth-order valence-corrected chi connectivity index (χ4v) is 1.34. The highest BCUT2D eigenvalue weighted by Gasteiger charge is 2.14. The Morgan fingerprint density at radius 1 is 1.38 bits per heavy atom. The average molecular weight is 233 g/mol. The van der Waals surface area contributed by atoms with E-state index >= 15 is 0 Å². The van der Waals surface area contributed by atoms with Gasteiger partial charge in [-0.2, -0.15) is 0 Å². The van der Waals surface area contributed by atoms with E-state index in [0.717, 1.165) is 19.3 Å². The molecular formula is C11H23NO4. The molecule has 0 aromatic rings.